The molecule has 0 amide bonds. The molecule has 2 aromatic rings. The van der Waals surface area contributed by atoms with Crippen LogP contribution in [-0.4, -0.2) is 13.2 Å². The average Bonchev–Trinajstić information content (AvgIpc) is 2.61. The minimum Gasteiger partial charge on any atom is -0.490 e. The van der Waals surface area contributed by atoms with Crippen molar-refractivity contribution in [1.29, 1.82) is 0 Å². The molecule has 3 nitrogen and oxygen atoms in total. The van der Waals surface area contributed by atoms with Crippen molar-refractivity contribution in [3.05, 3.63) is 48.5 Å². The summed E-state index contributed by atoms with van der Waals surface area (Å²) in [6, 6.07) is 16.1. The molecule has 2 N–H and O–H groups in total. The van der Waals surface area contributed by atoms with Gasteiger partial charge in [0.15, 0.2) is 0 Å². The zero-order valence-corrected chi connectivity index (χ0v) is 10.7. The molecule has 0 spiro atoms. The third-order valence-corrected chi connectivity index (χ3v) is 3.90. The molecule has 0 bridgehead atoms. The first kappa shape index (κ1) is 11.3. The van der Waals surface area contributed by atoms with Gasteiger partial charge in [-0.05, 0) is 42.3 Å². The van der Waals surface area contributed by atoms with Crippen molar-refractivity contribution in [3.8, 4) is 5.75 Å². The highest BCUT2D eigenvalue weighted by Crippen LogP contribution is 2.37. The fourth-order valence-electron chi connectivity index (χ4n) is 1.89. The highest BCUT2D eigenvalue weighted by Gasteiger charge is 2.16. The van der Waals surface area contributed by atoms with Crippen molar-refractivity contribution in [2.24, 2.45) is 0 Å². The predicted octanol–water partition coefficient (Wildman–Crippen LogP) is 3.17. The lowest BCUT2D eigenvalue weighted by molar-refractivity contribution is 0.325. The molecule has 1 aliphatic heterocycles. The van der Waals surface area contributed by atoms with Crippen molar-refractivity contribution in [2.45, 2.75) is 4.90 Å². The van der Waals surface area contributed by atoms with Gasteiger partial charge >= 0.3 is 0 Å². The molecular formula is C14H14N2OS. The molecule has 0 atom stereocenters. The van der Waals surface area contributed by atoms with E-state index in [-0.39, 0.29) is 0 Å². The Bertz CT molecular complexity index is 545. The van der Waals surface area contributed by atoms with Crippen LogP contribution in [0.5, 0.6) is 5.75 Å². The van der Waals surface area contributed by atoms with Gasteiger partial charge in [-0.2, -0.15) is 0 Å². The number of para-hydroxylation sites is 1. The van der Waals surface area contributed by atoms with Crippen LogP contribution in [0.3, 0.4) is 0 Å². The molecule has 1 aliphatic rings. The monoisotopic (exact) mass is 258 g/mol. The van der Waals surface area contributed by atoms with Gasteiger partial charge in [0, 0.05) is 11.4 Å². The minimum atomic E-state index is 0.679. The van der Waals surface area contributed by atoms with Gasteiger partial charge in [-0.15, -0.1) is 0 Å². The second-order valence-corrected chi connectivity index (χ2v) is 5.15. The molecule has 92 valence electrons. The summed E-state index contributed by atoms with van der Waals surface area (Å²) in [6.07, 6.45) is 0. The fourth-order valence-corrected chi connectivity index (χ4v) is 2.93. The molecule has 2 aromatic carbocycles. The Balaban J connectivity index is 1.92. The van der Waals surface area contributed by atoms with Crippen molar-refractivity contribution >= 4 is 23.3 Å². The van der Waals surface area contributed by atoms with Gasteiger partial charge in [-0.1, -0.05) is 18.2 Å². The number of hydrogen-bond acceptors (Lipinski definition) is 4. The molecule has 0 aliphatic carbocycles. The van der Waals surface area contributed by atoms with E-state index < -0.39 is 0 Å². The van der Waals surface area contributed by atoms with Crippen LogP contribution >= 0.6 is 11.9 Å². The van der Waals surface area contributed by atoms with Crippen LogP contribution < -0.4 is 14.8 Å². The first-order chi connectivity index (χ1) is 8.83. The number of rotatable bonds is 1. The summed E-state index contributed by atoms with van der Waals surface area (Å²) in [5, 5.41) is 0. The van der Waals surface area contributed by atoms with Gasteiger partial charge in [0.2, 0.25) is 0 Å². The van der Waals surface area contributed by atoms with Gasteiger partial charge in [-0.3, -0.25) is 0 Å². The number of nitrogens with zero attached hydrogens (tertiary/aromatic N) is 1. The van der Waals surface area contributed by atoms with E-state index in [2.05, 4.69) is 16.4 Å². The summed E-state index contributed by atoms with van der Waals surface area (Å²) >= 11 is 1.67. The van der Waals surface area contributed by atoms with Crippen molar-refractivity contribution in [2.75, 3.05) is 23.2 Å². The molecule has 0 fully saturated rings. The number of anilines is 2. The number of ether oxygens (including phenoxy) is 1. The second-order valence-electron chi connectivity index (χ2n) is 4.08. The van der Waals surface area contributed by atoms with Crippen LogP contribution in [-0.2, 0) is 0 Å². The van der Waals surface area contributed by atoms with Crippen molar-refractivity contribution in [3.63, 3.8) is 0 Å². The first-order valence-electron chi connectivity index (χ1n) is 5.86. The number of nitrogens with two attached hydrogens (primary N) is 1. The van der Waals surface area contributed by atoms with E-state index in [4.69, 9.17) is 10.5 Å². The van der Waals surface area contributed by atoms with E-state index in [9.17, 15) is 0 Å². The molecule has 1 heterocycles. The van der Waals surface area contributed by atoms with Crippen LogP contribution in [0.4, 0.5) is 11.4 Å². The predicted molar refractivity (Wildman–Crippen MR) is 76.0 cm³/mol. The summed E-state index contributed by atoms with van der Waals surface area (Å²) in [5.74, 6) is 0.910. The zero-order valence-electron chi connectivity index (χ0n) is 9.87. The maximum Gasteiger partial charge on any atom is 0.134 e. The Labute approximate surface area is 111 Å². The molecule has 0 saturated carbocycles. The van der Waals surface area contributed by atoms with E-state index in [1.54, 1.807) is 11.9 Å². The molecule has 4 heteroatoms. The van der Waals surface area contributed by atoms with Crippen LogP contribution in [0.2, 0.25) is 0 Å². The number of hydrogen-bond donors (Lipinski definition) is 1. The Morgan fingerprint density at radius 2 is 1.94 bits per heavy atom. The van der Waals surface area contributed by atoms with Crippen molar-refractivity contribution in [1.82, 2.24) is 0 Å². The van der Waals surface area contributed by atoms with Gasteiger partial charge in [-0.25, -0.2) is 0 Å². The summed E-state index contributed by atoms with van der Waals surface area (Å²) in [6.45, 7) is 1.53. The normalized spacial score (nSPS) is 14.6. The Morgan fingerprint density at radius 1 is 1.11 bits per heavy atom. The minimum absolute atomic E-state index is 0.679. The Hall–Kier alpha value is -1.81. The maximum atomic E-state index is 5.83. The zero-order chi connectivity index (χ0) is 12.4. The lowest BCUT2D eigenvalue weighted by Crippen LogP contribution is -2.18. The van der Waals surface area contributed by atoms with Crippen LogP contribution in [0.25, 0.3) is 0 Å². The molecule has 18 heavy (non-hydrogen) atoms. The van der Waals surface area contributed by atoms with E-state index >= 15 is 0 Å². The average molecular weight is 258 g/mol. The number of benzene rings is 2. The lowest BCUT2D eigenvalue weighted by Gasteiger charge is -2.20. The molecular weight excluding hydrogens is 244 g/mol. The van der Waals surface area contributed by atoms with E-state index in [1.807, 2.05) is 36.4 Å². The summed E-state index contributed by atoms with van der Waals surface area (Å²) < 4.78 is 7.96. The largest absolute Gasteiger partial charge is 0.490 e. The number of nitrogen functional groups attached to an aromatic ring is 1. The van der Waals surface area contributed by atoms with Crippen LogP contribution in [0, 0.1) is 0 Å². The maximum absolute atomic E-state index is 5.83. The first-order valence-corrected chi connectivity index (χ1v) is 6.63. The highest BCUT2D eigenvalue weighted by molar-refractivity contribution is 8.00. The molecule has 0 saturated heterocycles. The summed E-state index contributed by atoms with van der Waals surface area (Å²) in [4.78, 5) is 1.07. The summed E-state index contributed by atoms with van der Waals surface area (Å²) in [5.41, 5.74) is 7.78. The van der Waals surface area contributed by atoms with Gasteiger partial charge in [0.05, 0.1) is 11.4 Å². The standard InChI is InChI=1S/C14H14N2OS/c15-11-6-7-13-14(10-11)18-16(8-9-17-13)12-4-2-1-3-5-12/h1-7,10H,8-9,15H2. The third kappa shape index (κ3) is 2.24. The molecule has 0 radical (unpaired) electrons. The summed E-state index contributed by atoms with van der Waals surface area (Å²) in [7, 11) is 0. The SMILES string of the molecule is Nc1ccc2c(c1)SN(c1ccccc1)CCO2. The Morgan fingerprint density at radius 3 is 2.78 bits per heavy atom. The molecule has 3 rings (SSSR count). The lowest BCUT2D eigenvalue weighted by atomic mass is 10.3. The highest BCUT2D eigenvalue weighted by atomic mass is 32.2. The fraction of sp³-hybridized carbons (Fsp3) is 0.143. The van der Waals surface area contributed by atoms with Gasteiger partial charge in [0.1, 0.15) is 12.4 Å². The van der Waals surface area contributed by atoms with E-state index in [0.717, 1.165) is 22.9 Å². The Kier molecular flexibility index (Phi) is 3.02. The van der Waals surface area contributed by atoms with Crippen LogP contribution in [0.1, 0.15) is 0 Å². The van der Waals surface area contributed by atoms with Crippen molar-refractivity contribution < 1.29 is 4.74 Å². The topological polar surface area (TPSA) is 38.5 Å². The third-order valence-electron chi connectivity index (χ3n) is 2.77. The smallest absolute Gasteiger partial charge is 0.134 e. The van der Waals surface area contributed by atoms with Gasteiger partial charge < -0.3 is 14.8 Å². The van der Waals surface area contributed by atoms with Gasteiger partial charge in [0.25, 0.3) is 0 Å². The second kappa shape index (κ2) is 4.82. The van der Waals surface area contributed by atoms with Crippen LogP contribution in [0.15, 0.2) is 53.4 Å². The molecule has 0 unspecified atom stereocenters. The molecule has 0 aromatic heterocycles. The van der Waals surface area contributed by atoms with E-state index in [0.29, 0.717) is 6.61 Å². The van der Waals surface area contributed by atoms with E-state index in [1.165, 1.54) is 5.69 Å². The quantitative estimate of drug-likeness (QED) is 0.630. The number of fused-ring (bicyclic) bond motifs is 1.